The van der Waals surface area contributed by atoms with E-state index < -0.39 is 0 Å². The van der Waals surface area contributed by atoms with E-state index in [1.54, 1.807) is 0 Å². The zero-order valence-corrected chi connectivity index (χ0v) is 19.9. The molecule has 178 valence electrons. The quantitative estimate of drug-likeness (QED) is 0.368. The lowest BCUT2D eigenvalue weighted by molar-refractivity contribution is -0.150. The molecule has 0 spiro atoms. The molecule has 6 atom stereocenters. The maximum atomic E-state index is 12.0. The maximum absolute atomic E-state index is 12.0. The van der Waals surface area contributed by atoms with Crippen LogP contribution in [0.1, 0.15) is 83.3 Å². The summed E-state index contributed by atoms with van der Waals surface area (Å²) in [6.07, 6.45) is 8.48. The number of carbonyl (C=O) groups is 1. The molecule has 0 unspecified atom stereocenters. The second-order valence-corrected chi connectivity index (χ2v) is 9.77. The van der Waals surface area contributed by atoms with Crippen molar-refractivity contribution >= 4 is 5.97 Å². The van der Waals surface area contributed by atoms with E-state index in [9.17, 15) is 15.0 Å². The predicted octanol–water partition coefficient (Wildman–Crippen LogP) is 4.44. The smallest absolute Gasteiger partial charge is 0.344 e. The fraction of sp³-hybridized carbons (Fsp3) is 0.741. The molecule has 0 aromatic heterocycles. The second-order valence-electron chi connectivity index (χ2n) is 9.77. The number of unbranched alkanes of at least 4 members (excludes halogenated alkanes) is 2. The molecule has 1 aromatic rings. The summed E-state index contributed by atoms with van der Waals surface area (Å²) in [7, 11) is 0. The number of fused-ring (bicyclic) bond motifs is 2. The van der Waals surface area contributed by atoms with E-state index in [2.05, 4.69) is 19.1 Å². The van der Waals surface area contributed by atoms with Crippen LogP contribution in [-0.2, 0) is 22.4 Å². The third-order valence-corrected chi connectivity index (χ3v) is 7.43. The van der Waals surface area contributed by atoms with Gasteiger partial charge in [-0.1, -0.05) is 39.2 Å². The van der Waals surface area contributed by atoms with Crippen LogP contribution in [0.15, 0.2) is 6.07 Å². The van der Waals surface area contributed by atoms with E-state index in [4.69, 9.17) is 9.47 Å². The average molecular weight is 445 g/mol. The molecule has 0 bridgehead atoms. The molecule has 2 aliphatic rings. The van der Waals surface area contributed by atoms with Crippen LogP contribution in [-0.4, -0.2) is 41.1 Å². The molecule has 1 fully saturated rings. The van der Waals surface area contributed by atoms with Gasteiger partial charge in [0.2, 0.25) is 0 Å². The molecule has 3 rings (SSSR count). The number of hydrogen-bond acceptors (Lipinski definition) is 5. The van der Waals surface area contributed by atoms with Crippen molar-refractivity contribution in [2.45, 2.75) is 103 Å². The van der Waals surface area contributed by atoms with Gasteiger partial charge in [-0.3, -0.25) is 0 Å². The first-order valence-electron chi connectivity index (χ1n) is 12.5. The van der Waals surface area contributed by atoms with Gasteiger partial charge in [0.05, 0.1) is 18.3 Å². The molecule has 0 saturated heterocycles. The molecule has 0 aliphatic heterocycles. The Morgan fingerprint density at radius 1 is 1.25 bits per heavy atom. The highest BCUT2D eigenvalue weighted by Crippen LogP contribution is 2.48. The van der Waals surface area contributed by atoms with Gasteiger partial charge >= 0.3 is 5.97 Å². The van der Waals surface area contributed by atoms with Crippen LogP contribution >= 0.6 is 0 Å². The fourth-order valence-corrected chi connectivity index (χ4v) is 5.43. The summed E-state index contributed by atoms with van der Waals surface area (Å²) in [6.45, 7) is 5.89. The van der Waals surface area contributed by atoms with Crippen molar-refractivity contribution in [3.05, 3.63) is 29.3 Å². The molecule has 0 heterocycles. The lowest BCUT2D eigenvalue weighted by Crippen LogP contribution is -2.28. The second kappa shape index (κ2) is 11.9. The highest BCUT2D eigenvalue weighted by molar-refractivity contribution is 5.71. The average Bonchev–Trinajstić information content (AvgIpc) is 3.08. The van der Waals surface area contributed by atoms with E-state index in [0.29, 0.717) is 17.6 Å². The Bertz CT molecular complexity index is 733. The van der Waals surface area contributed by atoms with Crippen molar-refractivity contribution < 1.29 is 24.5 Å². The Labute approximate surface area is 193 Å². The van der Waals surface area contributed by atoms with Crippen LogP contribution in [0.2, 0.25) is 0 Å². The third kappa shape index (κ3) is 6.39. The summed E-state index contributed by atoms with van der Waals surface area (Å²) < 4.78 is 11.1. The molecular formula is C27H40O5. The van der Waals surface area contributed by atoms with E-state index in [1.165, 1.54) is 5.56 Å². The van der Waals surface area contributed by atoms with Gasteiger partial charge in [0.15, 0.2) is 12.4 Å². The SMILES string of the molecule is CCCCC[C@H](O)CC[C@@H]1[C@H]2Cc3cc#cc(OCC(=O)O[C@@H](C)CC)c3C[C@H]2C[C@H]1O. The standard InChI is InChI=1S/C27H40O5/c1-4-6-7-10-21(28)12-13-22-23-14-19-9-8-11-26(24(19)15-20(23)16-25(22)29)31-17-27(30)32-18(3)5-2/h9,18,20-23,25,28-29H,4-7,10,12-17H2,1-3H3/t18-,20-,21-,22+,23-,25+/m0/s1. The Balaban J connectivity index is 1.59. The summed E-state index contributed by atoms with van der Waals surface area (Å²) >= 11 is 0. The van der Waals surface area contributed by atoms with E-state index in [1.807, 2.05) is 19.9 Å². The van der Waals surface area contributed by atoms with Crippen LogP contribution in [0.25, 0.3) is 0 Å². The highest BCUT2D eigenvalue weighted by atomic mass is 16.6. The first kappa shape index (κ1) is 24.9. The van der Waals surface area contributed by atoms with Crippen LogP contribution in [0.5, 0.6) is 5.75 Å². The van der Waals surface area contributed by atoms with Gasteiger partial charge in [0.1, 0.15) is 0 Å². The minimum Gasteiger partial charge on any atom is -0.473 e. The van der Waals surface area contributed by atoms with Crippen molar-refractivity contribution in [2.24, 2.45) is 17.8 Å². The highest BCUT2D eigenvalue weighted by Gasteiger charge is 2.45. The Hall–Kier alpha value is -1.77. The summed E-state index contributed by atoms with van der Waals surface area (Å²) in [5.74, 6) is 1.26. The van der Waals surface area contributed by atoms with Crippen molar-refractivity contribution in [3.8, 4) is 5.75 Å². The van der Waals surface area contributed by atoms with Gasteiger partial charge in [-0.05, 0) is 87.3 Å². The Morgan fingerprint density at radius 2 is 2.06 bits per heavy atom. The molecule has 0 amide bonds. The maximum Gasteiger partial charge on any atom is 0.344 e. The van der Waals surface area contributed by atoms with Gasteiger partial charge in [0.25, 0.3) is 0 Å². The third-order valence-electron chi connectivity index (χ3n) is 7.43. The first-order chi connectivity index (χ1) is 15.4. The molecule has 1 aromatic carbocycles. The molecule has 32 heavy (non-hydrogen) atoms. The van der Waals surface area contributed by atoms with Crippen molar-refractivity contribution in [2.75, 3.05) is 6.61 Å². The lowest BCUT2D eigenvalue weighted by Gasteiger charge is -2.32. The van der Waals surface area contributed by atoms with Gasteiger partial charge in [-0.25, -0.2) is 4.79 Å². The van der Waals surface area contributed by atoms with Gasteiger partial charge < -0.3 is 19.7 Å². The minimum atomic E-state index is -0.368. The number of hydrogen-bond donors (Lipinski definition) is 2. The summed E-state index contributed by atoms with van der Waals surface area (Å²) in [5, 5.41) is 21.1. The zero-order valence-electron chi connectivity index (χ0n) is 19.9. The molecule has 0 radical (unpaired) electrons. The van der Waals surface area contributed by atoms with Crippen LogP contribution < -0.4 is 4.74 Å². The largest absolute Gasteiger partial charge is 0.473 e. The van der Waals surface area contributed by atoms with Crippen LogP contribution in [0, 0.1) is 29.9 Å². The minimum absolute atomic E-state index is 0.117. The predicted molar refractivity (Wildman–Crippen MR) is 123 cm³/mol. The van der Waals surface area contributed by atoms with E-state index >= 15 is 0 Å². The molecule has 5 heteroatoms. The van der Waals surface area contributed by atoms with Crippen molar-refractivity contribution in [3.63, 3.8) is 0 Å². The number of aliphatic hydroxyl groups is 2. The number of aliphatic hydroxyl groups excluding tert-OH is 2. The van der Waals surface area contributed by atoms with Crippen molar-refractivity contribution in [1.29, 1.82) is 0 Å². The molecule has 5 nitrogen and oxygen atoms in total. The number of esters is 1. The molecule has 2 aliphatic carbocycles. The molecular weight excluding hydrogens is 404 g/mol. The molecule has 2 N–H and O–H groups in total. The number of ether oxygens (including phenoxy) is 2. The lowest BCUT2D eigenvalue weighted by atomic mass is 9.73. The molecule has 1 saturated carbocycles. The van der Waals surface area contributed by atoms with Gasteiger partial charge in [0, 0.05) is 5.56 Å². The van der Waals surface area contributed by atoms with Gasteiger partial charge in [-0.2, -0.15) is 0 Å². The van der Waals surface area contributed by atoms with Crippen LogP contribution in [0.4, 0.5) is 0 Å². The van der Waals surface area contributed by atoms with Gasteiger partial charge in [-0.15, -0.1) is 0 Å². The van der Waals surface area contributed by atoms with E-state index in [-0.39, 0.29) is 36.8 Å². The monoisotopic (exact) mass is 444 g/mol. The Morgan fingerprint density at radius 3 is 2.81 bits per heavy atom. The Kier molecular flexibility index (Phi) is 9.25. The number of carbonyl (C=O) groups excluding carboxylic acids is 1. The van der Waals surface area contributed by atoms with Crippen LogP contribution in [0.3, 0.4) is 0 Å². The van der Waals surface area contributed by atoms with Crippen molar-refractivity contribution in [1.82, 2.24) is 0 Å². The topological polar surface area (TPSA) is 76.0 Å². The zero-order chi connectivity index (χ0) is 23.1. The first-order valence-corrected chi connectivity index (χ1v) is 12.5. The normalized spacial score (nSPS) is 25.9. The summed E-state index contributed by atoms with van der Waals surface area (Å²) in [6, 6.07) is 8.05. The number of rotatable bonds is 12. The summed E-state index contributed by atoms with van der Waals surface area (Å²) in [4.78, 5) is 12.0. The van der Waals surface area contributed by atoms with E-state index in [0.717, 1.165) is 69.8 Å². The summed E-state index contributed by atoms with van der Waals surface area (Å²) in [5.41, 5.74) is 2.27. The fourth-order valence-electron chi connectivity index (χ4n) is 5.43.